The molecule has 0 radical (unpaired) electrons. The zero-order valence-corrected chi connectivity index (χ0v) is 18.4. The molecule has 2 N–H and O–H groups in total. The molecule has 4 rings (SSSR count). The molecule has 0 saturated carbocycles. The summed E-state index contributed by atoms with van der Waals surface area (Å²) in [5, 5.41) is 6.90. The van der Waals surface area contributed by atoms with Gasteiger partial charge in [0.05, 0.1) is 6.61 Å². The minimum Gasteiger partial charge on any atom is -0.492 e. The number of fused-ring (bicyclic) bond motifs is 1. The fourth-order valence-corrected chi connectivity index (χ4v) is 4.21. The third kappa shape index (κ3) is 5.09. The summed E-state index contributed by atoms with van der Waals surface area (Å²) >= 11 is 6.04. The van der Waals surface area contributed by atoms with Crippen molar-refractivity contribution in [2.24, 2.45) is 0 Å². The number of carbonyl (C=O) groups excluding carboxylic acids is 1. The molecule has 5 heteroatoms. The van der Waals surface area contributed by atoms with Crippen molar-refractivity contribution in [2.45, 2.75) is 24.8 Å². The molecule has 1 aliphatic rings. The van der Waals surface area contributed by atoms with Crippen LogP contribution in [0.3, 0.4) is 0 Å². The van der Waals surface area contributed by atoms with Crippen molar-refractivity contribution in [3.05, 3.63) is 100 Å². The van der Waals surface area contributed by atoms with E-state index < -0.39 is 0 Å². The van der Waals surface area contributed by atoms with Crippen LogP contribution in [0.4, 0.5) is 0 Å². The average Bonchev–Trinajstić information content (AvgIpc) is 3.23. The number of ether oxygens (including phenoxy) is 1. The van der Waals surface area contributed by atoms with Gasteiger partial charge in [-0.15, -0.1) is 0 Å². The summed E-state index contributed by atoms with van der Waals surface area (Å²) < 4.78 is 5.91. The summed E-state index contributed by atoms with van der Waals surface area (Å²) in [5.74, 6) is 1.18. The van der Waals surface area contributed by atoms with Gasteiger partial charge in [0, 0.05) is 23.6 Å². The number of hydrogen-bond donors (Lipinski definition) is 2. The van der Waals surface area contributed by atoms with Gasteiger partial charge in [0.1, 0.15) is 11.8 Å². The second-order valence-corrected chi connectivity index (χ2v) is 8.24. The number of nitrogens with one attached hydrogen (secondary N) is 2. The lowest BCUT2D eigenvalue weighted by Gasteiger charge is -2.18. The van der Waals surface area contributed by atoms with Crippen molar-refractivity contribution in [2.75, 3.05) is 20.2 Å². The van der Waals surface area contributed by atoms with Crippen LogP contribution >= 0.6 is 11.6 Å². The van der Waals surface area contributed by atoms with Crippen LogP contribution in [0.1, 0.15) is 40.6 Å². The fraction of sp³-hybridized carbons (Fsp3) is 0.269. The SMILES string of the molecule is CNC(=O)C(NCCCc1ccc2c(c1)C(c1ccc(Cl)cc1)CO2)c1ccccc1. The molecule has 1 amide bonds. The molecule has 4 nitrogen and oxygen atoms in total. The number of likely N-dealkylation sites (N-methyl/N-ethyl adjacent to an activating group) is 1. The van der Waals surface area contributed by atoms with Gasteiger partial charge in [-0.25, -0.2) is 0 Å². The Hall–Kier alpha value is -2.82. The molecule has 0 aromatic heterocycles. The van der Waals surface area contributed by atoms with E-state index in [1.807, 2.05) is 42.5 Å². The van der Waals surface area contributed by atoms with E-state index in [1.165, 1.54) is 16.7 Å². The van der Waals surface area contributed by atoms with Crippen LogP contribution in [0.25, 0.3) is 0 Å². The van der Waals surface area contributed by atoms with Crippen LogP contribution in [0, 0.1) is 0 Å². The van der Waals surface area contributed by atoms with Crippen LogP contribution in [0.15, 0.2) is 72.8 Å². The van der Waals surface area contributed by atoms with Crippen LogP contribution < -0.4 is 15.4 Å². The molecule has 2 atom stereocenters. The normalized spacial score (nSPS) is 15.7. The highest BCUT2D eigenvalue weighted by Gasteiger charge is 2.26. The lowest BCUT2D eigenvalue weighted by Crippen LogP contribution is -2.36. The molecule has 0 spiro atoms. The van der Waals surface area contributed by atoms with Gasteiger partial charge in [0.2, 0.25) is 5.91 Å². The monoisotopic (exact) mass is 434 g/mol. The van der Waals surface area contributed by atoms with E-state index in [2.05, 4.69) is 41.0 Å². The van der Waals surface area contributed by atoms with Crippen LogP contribution in [0.5, 0.6) is 5.75 Å². The maximum Gasteiger partial charge on any atom is 0.241 e. The first-order valence-electron chi connectivity index (χ1n) is 10.7. The van der Waals surface area contributed by atoms with Gasteiger partial charge in [0.15, 0.2) is 0 Å². The average molecular weight is 435 g/mol. The van der Waals surface area contributed by atoms with E-state index in [0.29, 0.717) is 6.61 Å². The Balaban J connectivity index is 1.38. The highest BCUT2D eigenvalue weighted by molar-refractivity contribution is 6.30. The van der Waals surface area contributed by atoms with Crippen LogP contribution in [-0.2, 0) is 11.2 Å². The predicted octanol–water partition coefficient (Wildman–Crippen LogP) is 4.87. The zero-order chi connectivity index (χ0) is 21.6. The summed E-state index contributed by atoms with van der Waals surface area (Å²) in [6.07, 6.45) is 1.87. The Labute approximate surface area is 188 Å². The van der Waals surface area contributed by atoms with Gasteiger partial charge in [0.25, 0.3) is 0 Å². The lowest BCUT2D eigenvalue weighted by atomic mass is 9.91. The maximum absolute atomic E-state index is 12.3. The Bertz CT molecular complexity index is 1020. The first-order chi connectivity index (χ1) is 15.2. The molecule has 0 aliphatic carbocycles. The van der Waals surface area contributed by atoms with E-state index >= 15 is 0 Å². The second kappa shape index (κ2) is 9.99. The van der Waals surface area contributed by atoms with Crippen molar-refractivity contribution in [1.82, 2.24) is 10.6 Å². The smallest absolute Gasteiger partial charge is 0.241 e. The van der Waals surface area contributed by atoms with Crippen molar-refractivity contribution in [3.8, 4) is 5.75 Å². The molecule has 0 fully saturated rings. The number of halogens is 1. The quantitative estimate of drug-likeness (QED) is 0.497. The Morgan fingerprint density at radius 3 is 2.61 bits per heavy atom. The zero-order valence-electron chi connectivity index (χ0n) is 17.6. The van der Waals surface area contributed by atoms with Crippen LogP contribution in [-0.4, -0.2) is 26.1 Å². The molecule has 31 heavy (non-hydrogen) atoms. The summed E-state index contributed by atoms with van der Waals surface area (Å²) in [7, 11) is 1.67. The van der Waals surface area contributed by atoms with Gasteiger partial charge < -0.3 is 15.4 Å². The molecule has 1 heterocycles. The lowest BCUT2D eigenvalue weighted by molar-refractivity contribution is -0.122. The number of aryl methyl sites for hydroxylation is 1. The molecular formula is C26H27ClN2O2. The number of carbonyl (C=O) groups is 1. The standard InChI is InChI=1S/C26H27ClN2O2/c1-28-26(30)25(20-7-3-2-4-8-20)29-15-5-6-18-9-14-24-22(16-18)23(17-31-24)19-10-12-21(27)13-11-19/h2-4,7-14,16,23,25,29H,5-6,15,17H2,1H3,(H,28,30). The second-order valence-electron chi connectivity index (χ2n) is 7.80. The van der Waals surface area contributed by atoms with Gasteiger partial charge in [-0.1, -0.05) is 66.2 Å². The maximum atomic E-state index is 12.3. The number of amides is 1. The first-order valence-corrected chi connectivity index (χ1v) is 11.0. The van der Waals surface area contributed by atoms with Crippen molar-refractivity contribution >= 4 is 17.5 Å². The first kappa shape index (κ1) is 21.4. The minimum absolute atomic E-state index is 0.0216. The third-order valence-corrected chi connectivity index (χ3v) is 6.01. The van der Waals surface area contributed by atoms with Crippen molar-refractivity contribution in [3.63, 3.8) is 0 Å². The van der Waals surface area contributed by atoms with E-state index in [1.54, 1.807) is 7.05 Å². The summed E-state index contributed by atoms with van der Waals surface area (Å²) in [4.78, 5) is 12.3. The van der Waals surface area contributed by atoms with Gasteiger partial charge in [-0.05, 0) is 54.3 Å². The molecule has 160 valence electrons. The van der Waals surface area contributed by atoms with Gasteiger partial charge in [-0.2, -0.15) is 0 Å². The predicted molar refractivity (Wildman–Crippen MR) is 125 cm³/mol. The Morgan fingerprint density at radius 1 is 1.10 bits per heavy atom. The third-order valence-electron chi connectivity index (χ3n) is 5.76. The summed E-state index contributed by atoms with van der Waals surface area (Å²) in [6.45, 7) is 1.41. The topological polar surface area (TPSA) is 50.4 Å². The minimum atomic E-state index is -0.339. The summed E-state index contributed by atoms with van der Waals surface area (Å²) in [5.41, 5.74) is 4.71. The van der Waals surface area contributed by atoms with E-state index in [9.17, 15) is 4.79 Å². The molecule has 3 aromatic carbocycles. The van der Waals surface area contributed by atoms with E-state index in [-0.39, 0.29) is 17.9 Å². The highest BCUT2D eigenvalue weighted by atomic mass is 35.5. The van der Waals surface area contributed by atoms with E-state index in [4.69, 9.17) is 16.3 Å². The number of hydrogen-bond acceptors (Lipinski definition) is 3. The van der Waals surface area contributed by atoms with E-state index in [0.717, 1.165) is 35.7 Å². The Kier molecular flexibility index (Phi) is 6.90. The van der Waals surface area contributed by atoms with Gasteiger partial charge >= 0.3 is 0 Å². The fourth-order valence-electron chi connectivity index (χ4n) is 4.08. The molecule has 0 bridgehead atoms. The van der Waals surface area contributed by atoms with Gasteiger partial charge in [-0.3, -0.25) is 4.79 Å². The number of benzene rings is 3. The molecule has 1 aliphatic heterocycles. The Morgan fingerprint density at radius 2 is 1.87 bits per heavy atom. The molecule has 2 unspecified atom stereocenters. The van der Waals surface area contributed by atoms with Crippen molar-refractivity contribution < 1.29 is 9.53 Å². The number of rotatable bonds is 8. The molecular weight excluding hydrogens is 408 g/mol. The van der Waals surface area contributed by atoms with Crippen molar-refractivity contribution in [1.29, 1.82) is 0 Å². The highest BCUT2D eigenvalue weighted by Crippen LogP contribution is 2.39. The largest absolute Gasteiger partial charge is 0.492 e. The molecule has 3 aromatic rings. The summed E-state index contributed by atoms with van der Waals surface area (Å²) in [6, 6.07) is 24.0. The molecule has 0 saturated heterocycles. The van der Waals surface area contributed by atoms with Crippen LogP contribution in [0.2, 0.25) is 5.02 Å².